The zero-order valence-corrected chi connectivity index (χ0v) is 9.95. The summed E-state index contributed by atoms with van der Waals surface area (Å²) in [5, 5.41) is 11.2. The standard InChI is InChI=1S/C10H10N4O2S/c1-6-2-8-9(16-5-15-8)3-7(6)4-11-10-12-13-14-17-10/h2-3H,4-5H2,1H3,(H,11,12,14). The topological polar surface area (TPSA) is 69.2 Å². The molecule has 0 atom stereocenters. The lowest BCUT2D eigenvalue weighted by Gasteiger charge is -2.07. The summed E-state index contributed by atoms with van der Waals surface area (Å²) in [6.07, 6.45) is 0. The van der Waals surface area contributed by atoms with Crippen molar-refractivity contribution >= 4 is 16.7 Å². The second-order valence-electron chi connectivity index (χ2n) is 3.65. The minimum atomic E-state index is 0.298. The zero-order valence-electron chi connectivity index (χ0n) is 9.14. The summed E-state index contributed by atoms with van der Waals surface area (Å²) >= 11 is 1.23. The number of hydrogen-bond donors (Lipinski definition) is 1. The molecule has 0 fully saturated rings. The third-order valence-corrected chi connectivity index (χ3v) is 3.11. The molecule has 0 saturated heterocycles. The third-order valence-electron chi connectivity index (χ3n) is 2.56. The van der Waals surface area contributed by atoms with Gasteiger partial charge in [0.1, 0.15) is 0 Å². The van der Waals surface area contributed by atoms with Crippen molar-refractivity contribution in [3.63, 3.8) is 0 Å². The van der Waals surface area contributed by atoms with Gasteiger partial charge in [-0.2, -0.15) is 0 Å². The number of nitrogens with zero attached hydrogens (tertiary/aromatic N) is 3. The number of anilines is 1. The second kappa shape index (κ2) is 4.17. The van der Waals surface area contributed by atoms with E-state index in [0.29, 0.717) is 18.5 Å². The molecule has 6 nitrogen and oxygen atoms in total. The SMILES string of the molecule is Cc1cc2c(cc1CNc1nnns1)OCO2. The van der Waals surface area contributed by atoms with Gasteiger partial charge in [-0.25, -0.2) is 0 Å². The molecule has 0 bridgehead atoms. The second-order valence-corrected chi connectivity index (χ2v) is 4.39. The summed E-state index contributed by atoms with van der Waals surface area (Å²) in [6.45, 7) is 3.00. The molecule has 17 heavy (non-hydrogen) atoms. The molecule has 3 rings (SSSR count). The molecular formula is C10H10N4O2S. The highest BCUT2D eigenvalue weighted by Gasteiger charge is 2.15. The Kier molecular flexibility index (Phi) is 2.52. The first kappa shape index (κ1) is 10.3. The number of nitrogens with one attached hydrogen (secondary N) is 1. The van der Waals surface area contributed by atoms with Crippen LogP contribution in [-0.4, -0.2) is 21.6 Å². The first-order valence-corrected chi connectivity index (χ1v) is 5.88. The molecular weight excluding hydrogens is 240 g/mol. The molecule has 0 spiro atoms. The van der Waals surface area contributed by atoms with Crippen molar-refractivity contribution in [3.8, 4) is 11.5 Å². The van der Waals surface area contributed by atoms with Crippen molar-refractivity contribution in [2.75, 3.05) is 12.1 Å². The van der Waals surface area contributed by atoms with Crippen molar-refractivity contribution in [3.05, 3.63) is 23.3 Å². The summed E-state index contributed by atoms with van der Waals surface area (Å²) in [7, 11) is 0. The molecule has 0 saturated carbocycles. The van der Waals surface area contributed by atoms with Crippen LogP contribution in [0.15, 0.2) is 12.1 Å². The van der Waals surface area contributed by atoms with E-state index < -0.39 is 0 Å². The van der Waals surface area contributed by atoms with Crippen LogP contribution in [0.25, 0.3) is 0 Å². The van der Waals surface area contributed by atoms with Crippen LogP contribution < -0.4 is 14.8 Å². The Balaban J connectivity index is 1.79. The summed E-state index contributed by atoms with van der Waals surface area (Å²) in [6, 6.07) is 3.97. The van der Waals surface area contributed by atoms with Crippen molar-refractivity contribution < 1.29 is 9.47 Å². The number of rotatable bonds is 3. The lowest BCUT2D eigenvalue weighted by atomic mass is 10.1. The average Bonchev–Trinajstić information content (AvgIpc) is 2.95. The van der Waals surface area contributed by atoms with Crippen LogP contribution in [0, 0.1) is 6.92 Å². The van der Waals surface area contributed by atoms with Crippen LogP contribution in [0.2, 0.25) is 0 Å². The summed E-state index contributed by atoms with van der Waals surface area (Å²) in [4.78, 5) is 0. The molecule has 1 N–H and O–H groups in total. The van der Waals surface area contributed by atoms with Gasteiger partial charge in [-0.3, -0.25) is 0 Å². The van der Waals surface area contributed by atoms with Crippen LogP contribution >= 0.6 is 11.5 Å². The fourth-order valence-electron chi connectivity index (χ4n) is 1.65. The van der Waals surface area contributed by atoms with Gasteiger partial charge >= 0.3 is 0 Å². The van der Waals surface area contributed by atoms with E-state index in [4.69, 9.17) is 9.47 Å². The molecule has 0 amide bonds. The van der Waals surface area contributed by atoms with E-state index in [2.05, 4.69) is 20.1 Å². The van der Waals surface area contributed by atoms with Crippen molar-refractivity contribution in [2.24, 2.45) is 0 Å². The van der Waals surface area contributed by atoms with E-state index in [1.165, 1.54) is 11.5 Å². The van der Waals surface area contributed by atoms with Crippen molar-refractivity contribution in [1.29, 1.82) is 0 Å². The maximum absolute atomic E-state index is 5.34. The van der Waals surface area contributed by atoms with E-state index >= 15 is 0 Å². The lowest BCUT2D eigenvalue weighted by molar-refractivity contribution is 0.174. The predicted molar refractivity (Wildman–Crippen MR) is 62.3 cm³/mol. The molecule has 1 aliphatic heterocycles. The number of hydrogen-bond acceptors (Lipinski definition) is 7. The molecule has 0 aliphatic carbocycles. The molecule has 0 radical (unpaired) electrons. The highest BCUT2D eigenvalue weighted by Crippen LogP contribution is 2.34. The first-order valence-electron chi connectivity index (χ1n) is 5.11. The zero-order chi connectivity index (χ0) is 11.7. The fraction of sp³-hybridized carbons (Fsp3) is 0.300. The van der Waals surface area contributed by atoms with E-state index in [1.807, 2.05) is 19.1 Å². The normalized spacial score (nSPS) is 12.8. The minimum absolute atomic E-state index is 0.298. The van der Waals surface area contributed by atoms with Gasteiger partial charge in [0.05, 0.1) is 0 Å². The van der Waals surface area contributed by atoms with Crippen LogP contribution in [-0.2, 0) is 6.54 Å². The number of aromatic nitrogens is 3. The molecule has 1 aliphatic rings. The molecule has 1 aromatic heterocycles. The maximum atomic E-state index is 5.34. The summed E-state index contributed by atoms with van der Waals surface area (Å²) < 4.78 is 14.3. The van der Waals surface area contributed by atoms with Gasteiger partial charge in [0.2, 0.25) is 11.9 Å². The smallest absolute Gasteiger partial charge is 0.231 e. The Labute approximate surface area is 102 Å². The van der Waals surface area contributed by atoms with Crippen LogP contribution in [0.5, 0.6) is 11.5 Å². The van der Waals surface area contributed by atoms with Gasteiger partial charge < -0.3 is 14.8 Å². The Hall–Kier alpha value is -1.89. The molecule has 7 heteroatoms. The quantitative estimate of drug-likeness (QED) is 0.892. The number of aryl methyl sites for hydroxylation is 1. The summed E-state index contributed by atoms with van der Waals surface area (Å²) in [5.41, 5.74) is 2.30. The highest BCUT2D eigenvalue weighted by molar-refractivity contribution is 7.09. The Bertz CT molecular complexity index is 529. The molecule has 88 valence electrons. The molecule has 2 heterocycles. The van der Waals surface area contributed by atoms with Gasteiger partial charge in [0.25, 0.3) is 0 Å². The van der Waals surface area contributed by atoms with Gasteiger partial charge in [0.15, 0.2) is 11.5 Å². The lowest BCUT2D eigenvalue weighted by Crippen LogP contribution is -2.01. The Morgan fingerprint density at radius 2 is 2.18 bits per heavy atom. The minimum Gasteiger partial charge on any atom is -0.454 e. The van der Waals surface area contributed by atoms with Crippen molar-refractivity contribution in [1.82, 2.24) is 14.8 Å². The largest absolute Gasteiger partial charge is 0.454 e. The summed E-state index contributed by atoms with van der Waals surface area (Å²) in [5.74, 6) is 1.60. The molecule has 1 aromatic carbocycles. The Morgan fingerprint density at radius 1 is 1.35 bits per heavy atom. The van der Waals surface area contributed by atoms with Crippen LogP contribution in [0.1, 0.15) is 11.1 Å². The Morgan fingerprint density at radius 3 is 2.94 bits per heavy atom. The van der Waals surface area contributed by atoms with Crippen LogP contribution in [0.4, 0.5) is 5.13 Å². The van der Waals surface area contributed by atoms with E-state index in [-0.39, 0.29) is 0 Å². The van der Waals surface area contributed by atoms with E-state index in [0.717, 1.165) is 22.6 Å². The highest BCUT2D eigenvalue weighted by atomic mass is 32.1. The number of benzene rings is 1. The fourth-order valence-corrected chi connectivity index (χ4v) is 2.01. The van der Waals surface area contributed by atoms with E-state index in [9.17, 15) is 0 Å². The first-order chi connectivity index (χ1) is 8.33. The molecule has 2 aromatic rings. The predicted octanol–water partition coefficient (Wildman–Crippen LogP) is 1.58. The van der Waals surface area contributed by atoms with Gasteiger partial charge in [-0.15, -0.1) is 0 Å². The molecule has 0 unspecified atom stereocenters. The van der Waals surface area contributed by atoms with Crippen LogP contribution in [0.3, 0.4) is 0 Å². The monoisotopic (exact) mass is 250 g/mol. The van der Waals surface area contributed by atoms with Gasteiger partial charge in [-0.1, -0.05) is 9.59 Å². The maximum Gasteiger partial charge on any atom is 0.231 e. The average molecular weight is 250 g/mol. The van der Waals surface area contributed by atoms with Gasteiger partial charge in [0, 0.05) is 18.1 Å². The third kappa shape index (κ3) is 2.01. The van der Waals surface area contributed by atoms with E-state index in [1.54, 1.807) is 0 Å². The number of ether oxygens (including phenoxy) is 2. The van der Waals surface area contributed by atoms with Gasteiger partial charge in [-0.05, 0) is 35.4 Å². The van der Waals surface area contributed by atoms with Crippen molar-refractivity contribution in [2.45, 2.75) is 13.5 Å². The number of fused-ring (bicyclic) bond motifs is 1.